The van der Waals surface area contributed by atoms with Crippen molar-refractivity contribution in [3.8, 4) is 5.75 Å². The smallest absolute Gasteiger partial charge is 0.131 e. The lowest BCUT2D eigenvalue weighted by molar-refractivity contribution is 0.461. The molecule has 0 radical (unpaired) electrons. The van der Waals surface area contributed by atoms with Crippen molar-refractivity contribution in [3.63, 3.8) is 0 Å². The second kappa shape index (κ2) is 5.68. The number of hydrogen-bond acceptors (Lipinski definition) is 3. The van der Waals surface area contributed by atoms with Crippen molar-refractivity contribution in [1.29, 1.82) is 0 Å². The lowest BCUT2D eigenvalue weighted by atomic mass is 10.1. The summed E-state index contributed by atoms with van der Waals surface area (Å²) in [4.78, 5) is 0.459. The van der Waals surface area contributed by atoms with Crippen LogP contribution < -0.4 is 5.73 Å². The number of phenols is 1. The first kappa shape index (κ1) is 11.9. The van der Waals surface area contributed by atoms with Crippen molar-refractivity contribution < 1.29 is 9.32 Å². The summed E-state index contributed by atoms with van der Waals surface area (Å²) in [5.74, 6) is 0.413. The van der Waals surface area contributed by atoms with E-state index in [2.05, 4.69) is 6.58 Å². The van der Waals surface area contributed by atoms with Crippen molar-refractivity contribution in [2.45, 2.75) is 11.3 Å². The molecule has 0 amide bonds. The van der Waals surface area contributed by atoms with Gasteiger partial charge in [0, 0.05) is 5.75 Å². The van der Waals surface area contributed by atoms with Gasteiger partial charge in [-0.2, -0.15) is 0 Å². The predicted octanol–water partition coefficient (Wildman–Crippen LogP) is 1.19. The van der Waals surface area contributed by atoms with E-state index in [9.17, 15) is 9.32 Å². The molecule has 0 bridgehead atoms. The minimum absolute atomic E-state index is 0.0657. The molecule has 1 aromatic carbocycles. The van der Waals surface area contributed by atoms with Crippen LogP contribution in [-0.2, 0) is 17.2 Å². The predicted molar refractivity (Wildman–Crippen MR) is 62.3 cm³/mol. The summed E-state index contributed by atoms with van der Waals surface area (Å²) in [6.45, 7) is 4.06. The van der Waals surface area contributed by atoms with Gasteiger partial charge >= 0.3 is 0 Å². The van der Waals surface area contributed by atoms with Crippen LogP contribution >= 0.6 is 0 Å². The first-order valence-electron chi connectivity index (χ1n) is 4.70. The zero-order valence-electron chi connectivity index (χ0n) is 8.48. The maximum absolute atomic E-state index is 11.7. The fourth-order valence-corrected chi connectivity index (χ4v) is 2.24. The van der Waals surface area contributed by atoms with Gasteiger partial charge in [0.15, 0.2) is 0 Å². The molecule has 1 atom stereocenters. The highest BCUT2D eigenvalue weighted by Crippen LogP contribution is 2.22. The molecule has 3 N–H and O–H groups in total. The van der Waals surface area contributed by atoms with E-state index in [1.807, 2.05) is 0 Å². The van der Waals surface area contributed by atoms with Crippen molar-refractivity contribution >= 4 is 10.8 Å². The van der Waals surface area contributed by atoms with Gasteiger partial charge in [0.1, 0.15) is 5.75 Å². The summed E-state index contributed by atoms with van der Waals surface area (Å²) in [5, 5.41) is 9.54. The zero-order valence-corrected chi connectivity index (χ0v) is 9.30. The maximum Gasteiger partial charge on any atom is 0.131 e. The summed E-state index contributed by atoms with van der Waals surface area (Å²) in [6.07, 6.45) is 2.30. The van der Waals surface area contributed by atoms with Gasteiger partial charge in [-0.3, -0.25) is 4.21 Å². The molecule has 1 aromatic rings. The summed E-state index contributed by atoms with van der Waals surface area (Å²) in [5.41, 5.74) is 6.42. The van der Waals surface area contributed by atoms with Crippen LogP contribution in [0.5, 0.6) is 5.75 Å². The Bertz CT molecular complexity index is 377. The first-order chi connectivity index (χ1) is 7.19. The molecule has 0 aliphatic heterocycles. The standard InChI is InChI=1S/C11H15NO2S/c1-2-7-15(14)11-8-9(5-6-12)3-4-10(11)13/h2-4,8,13H,1,5-7,12H2. The van der Waals surface area contributed by atoms with Crippen molar-refractivity contribution in [2.75, 3.05) is 12.3 Å². The minimum Gasteiger partial charge on any atom is -0.507 e. The molecule has 0 saturated heterocycles. The molecule has 82 valence electrons. The third-order valence-electron chi connectivity index (χ3n) is 1.97. The van der Waals surface area contributed by atoms with E-state index in [-0.39, 0.29) is 5.75 Å². The lowest BCUT2D eigenvalue weighted by Crippen LogP contribution is -2.04. The summed E-state index contributed by atoms with van der Waals surface area (Å²) in [7, 11) is -1.22. The number of nitrogens with two attached hydrogens (primary N) is 1. The molecular formula is C11H15NO2S. The fourth-order valence-electron chi connectivity index (χ4n) is 1.26. The third kappa shape index (κ3) is 3.18. The number of hydrogen-bond donors (Lipinski definition) is 2. The second-order valence-electron chi connectivity index (χ2n) is 3.14. The summed E-state index contributed by atoms with van der Waals surface area (Å²) < 4.78 is 11.7. The van der Waals surface area contributed by atoms with E-state index < -0.39 is 10.8 Å². The number of phenolic OH excluding ortho intramolecular Hbond substituents is 1. The number of rotatable bonds is 5. The van der Waals surface area contributed by atoms with Crippen molar-refractivity contribution in [1.82, 2.24) is 0 Å². The molecule has 0 aliphatic rings. The van der Waals surface area contributed by atoms with Gasteiger partial charge in [-0.25, -0.2) is 0 Å². The molecule has 0 heterocycles. The molecule has 0 aromatic heterocycles. The number of benzene rings is 1. The Morgan fingerprint density at radius 2 is 2.27 bits per heavy atom. The average molecular weight is 225 g/mol. The molecule has 1 unspecified atom stereocenters. The Morgan fingerprint density at radius 3 is 2.87 bits per heavy atom. The van der Waals surface area contributed by atoms with Crippen molar-refractivity contribution in [2.24, 2.45) is 5.73 Å². The topological polar surface area (TPSA) is 63.3 Å². The molecule has 0 aliphatic carbocycles. The van der Waals surface area contributed by atoms with Crippen LogP contribution in [0.4, 0.5) is 0 Å². The van der Waals surface area contributed by atoms with Crippen LogP contribution in [0.1, 0.15) is 5.56 Å². The minimum atomic E-state index is -1.22. The Balaban J connectivity index is 2.99. The zero-order chi connectivity index (χ0) is 11.3. The van der Waals surface area contributed by atoms with E-state index in [0.717, 1.165) is 12.0 Å². The fraction of sp³-hybridized carbons (Fsp3) is 0.273. The Labute approximate surface area is 92.1 Å². The molecule has 1 rings (SSSR count). The highest BCUT2D eigenvalue weighted by molar-refractivity contribution is 7.85. The van der Waals surface area contributed by atoms with Crippen LogP contribution in [0.3, 0.4) is 0 Å². The molecular weight excluding hydrogens is 210 g/mol. The number of aromatic hydroxyl groups is 1. The largest absolute Gasteiger partial charge is 0.507 e. The van der Waals surface area contributed by atoms with E-state index in [0.29, 0.717) is 17.2 Å². The van der Waals surface area contributed by atoms with Crippen LogP contribution in [0, 0.1) is 0 Å². The molecule has 0 spiro atoms. The Hall–Kier alpha value is -1.13. The molecule has 15 heavy (non-hydrogen) atoms. The molecule has 4 heteroatoms. The van der Waals surface area contributed by atoms with Crippen LogP contribution in [0.2, 0.25) is 0 Å². The van der Waals surface area contributed by atoms with E-state index in [1.165, 1.54) is 0 Å². The lowest BCUT2D eigenvalue weighted by Gasteiger charge is -2.05. The molecule has 0 saturated carbocycles. The first-order valence-corrected chi connectivity index (χ1v) is 6.02. The van der Waals surface area contributed by atoms with E-state index >= 15 is 0 Å². The average Bonchev–Trinajstić information content (AvgIpc) is 2.21. The summed E-state index contributed by atoms with van der Waals surface area (Å²) in [6, 6.07) is 5.08. The SMILES string of the molecule is C=CCS(=O)c1cc(CCN)ccc1O. The highest BCUT2D eigenvalue weighted by Gasteiger charge is 2.08. The van der Waals surface area contributed by atoms with Crippen molar-refractivity contribution in [3.05, 3.63) is 36.4 Å². The highest BCUT2D eigenvalue weighted by atomic mass is 32.2. The Kier molecular flexibility index (Phi) is 4.52. The van der Waals surface area contributed by atoms with E-state index in [4.69, 9.17) is 5.73 Å². The van der Waals surface area contributed by atoms with Gasteiger partial charge in [0.25, 0.3) is 0 Å². The van der Waals surface area contributed by atoms with Crippen LogP contribution in [0.25, 0.3) is 0 Å². The quantitative estimate of drug-likeness (QED) is 0.740. The monoisotopic (exact) mass is 225 g/mol. The van der Waals surface area contributed by atoms with Gasteiger partial charge in [-0.1, -0.05) is 12.1 Å². The summed E-state index contributed by atoms with van der Waals surface area (Å²) >= 11 is 0. The van der Waals surface area contributed by atoms with Gasteiger partial charge in [0.2, 0.25) is 0 Å². The normalized spacial score (nSPS) is 12.3. The van der Waals surface area contributed by atoms with E-state index in [1.54, 1.807) is 24.3 Å². The third-order valence-corrected chi connectivity index (χ3v) is 3.33. The molecule has 3 nitrogen and oxygen atoms in total. The van der Waals surface area contributed by atoms with Gasteiger partial charge in [-0.05, 0) is 30.7 Å². The second-order valence-corrected chi connectivity index (χ2v) is 4.61. The van der Waals surface area contributed by atoms with Gasteiger partial charge in [-0.15, -0.1) is 6.58 Å². The maximum atomic E-state index is 11.7. The van der Waals surface area contributed by atoms with Gasteiger partial charge < -0.3 is 10.8 Å². The molecule has 0 fully saturated rings. The Morgan fingerprint density at radius 1 is 1.53 bits per heavy atom. The van der Waals surface area contributed by atoms with Crippen LogP contribution in [-0.4, -0.2) is 21.6 Å². The van der Waals surface area contributed by atoms with Gasteiger partial charge in [0.05, 0.1) is 15.7 Å². The van der Waals surface area contributed by atoms with Crippen LogP contribution in [0.15, 0.2) is 35.7 Å².